The lowest BCUT2D eigenvalue weighted by Gasteiger charge is -2.34. The predicted molar refractivity (Wildman–Crippen MR) is 97.3 cm³/mol. The fourth-order valence-corrected chi connectivity index (χ4v) is 3.81. The Labute approximate surface area is 146 Å². The van der Waals surface area contributed by atoms with Gasteiger partial charge in [0.05, 0.1) is 19.3 Å². The van der Waals surface area contributed by atoms with Crippen LogP contribution in [-0.2, 0) is 16.0 Å². The van der Waals surface area contributed by atoms with E-state index < -0.39 is 0 Å². The molecule has 134 valence electrons. The molecule has 4 nitrogen and oxygen atoms in total. The van der Waals surface area contributed by atoms with E-state index in [-0.39, 0.29) is 5.60 Å². The summed E-state index contributed by atoms with van der Waals surface area (Å²) in [6, 6.07) is 9.11. The molecule has 4 heteroatoms. The minimum Gasteiger partial charge on any atom is -0.377 e. The molecule has 0 unspecified atom stereocenters. The highest BCUT2D eigenvalue weighted by atomic mass is 16.6. The van der Waals surface area contributed by atoms with Gasteiger partial charge in [0.1, 0.15) is 5.60 Å². The average molecular weight is 332 g/mol. The minimum absolute atomic E-state index is 0.101. The molecule has 2 heterocycles. The maximum atomic E-state index is 6.49. The molecular weight excluding hydrogens is 300 g/mol. The van der Waals surface area contributed by atoms with Gasteiger partial charge in [-0.15, -0.1) is 0 Å². The summed E-state index contributed by atoms with van der Waals surface area (Å²) in [6.45, 7) is 12.1. The van der Waals surface area contributed by atoms with Crippen LogP contribution in [0.15, 0.2) is 24.3 Å². The Balaban J connectivity index is 1.50. The molecule has 2 fully saturated rings. The molecule has 24 heavy (non-hydrogen) atoms. The van der Waals surface area contributed by atoms with Crippen LogP contribution in [0.3, 0.4) is 0 Å². The van der Waals surface area contributed by atoms with Gasteiger partial charge >= 0.3 is 0 Å². The van der Waals surface area contributed by atoms with Crippen LogP contribution in [0.2, 0.25) is 0 Å². The highest BCUT2D eigenvalue weighted by molar-refractivity contribution is 5.25. The zero-order valence-electron chi connectivity index (χ0n) is 15.4. The summed E-state index contributed by atoms with van der Waals surface area (Å²) in [5.74, 6) is 0. The molecule has 2 aliphatic heterocycles. The summed E-state index contributed by atoms with van der Waals surface area (Å²) in [7, 11) is 0. The van der Waals surface area contributed by atoms with Gasteiger partial charge in [-0.1, -0.05) is 24.3 Å². The van der Waals surface area contributed by atoms with E-state index >= 15 is 0 Å². The van der Waals surface area contributed by atoms with Crippen molar-refractivity contribution in [2.24, 2.45) is 0 Å². The molecule has 1 aromatic carbocycles. The lowest BCUT2D eigenvalue weighted by Crippen LogP contribution is -2.47. The van der Waals surface area contributed by atoms with E-state index in [1.54, 1.807) is 0 Å². The number of nitrogens with zero attached hydrogens (tertiary/aromatic N) is 1. The second kappa shape index (κ2) is 7.96. The van der Waals surface area contributed by atoms with Crippen LogP contribution in [0.5, 0.6) is 0 Å². The fourth-order valence-electron chi connectivity index (χ4n) is 3.81. The third-order valence-electron chi connectivity index (χ3n) is 5.40. The molecular formula is C20H32N2O2. The number of benzene rings is 1. The van der Waals surface area contributed by atoms with Gasteiger partial charge in [-0.3, -0.25) is 4.90 Å². The maximum absolute atomic E-state index is 6.49. The van der Waals surface area contributed by atoms with E-state index in [2.05, 4.69) is 55.3 Å². The molecule has 2 atom stereocenters. The Morgan fingerprint density at radius 3 is 2.96 bits per heavy atom. The molecule has 0 amide bonds. The zero-order valence-corrected chi connectivity index (χ0v) is 15.4. The lowest BCUT2D eigenvalue weighted by atomic mass is 9.99. The number of hydrogen-bond donors (Lipinski definition) is 1. The summed E-state index contributed by atoms with van der Waals surface area (Å²) in [5, 5.41) is 3.58. The highest BCUT2D eigenvalue weighted by Crippen LogP contribution is 2.33. The molecule has 1 N–H and O–H groups in total. The smallest absolute Gasteiger partial charge is 0.105 e. The quantitative estimate of drug-likeness (QED) is 0.899. The standard InChI is InChI=1S/C20H32N2O2/c1-16(2)22-10-11-23-15-20(14-22)9-8-19(24-20)13-21-12-18-7-5-4-6-17(18)3/h4-7,16,19,21H,8-15H2,1-3H3/t19-,20-/m1/s1. The third kappa shape index (κ3) is 4.37. The van der Waals surface area contributed by atoms with Crippen molar-refractivity contribution in [2.45, 2.75) is 57.9 Å². The van der Waals surface area contributed by atoms with Crippen LogP contribution in [0.1, 0.15) is 37.8 Å². The Kier molecular flexibility index (Phi) is 5.93. The zero-order chi connectivity index (χ0) is 17.0. The van der Waals surface area contributed by atoms with Gasteiger partial charge in [-0.25, -0.2) is 0 Å². The van der Waals surface area contributed by atoms with Gasteiger partial charge in [-0.05, 0) is 44.7 Å². The van der Waals surface area contributed by atoms with Gasteiger partial charge in [0, 0.05) is 32.2 Å². The Morgan fingerprint density at radius 1 is 1.33 bits per heavy atom. The summed E-state index contributed by atoms with van der Waals surface area (Å²) in [5.41, 5.74) is 2.61. The number of nitrogens with one attached hydrogen (secondary N) is 1. The van der Waals surface area contributed by atoms with Crippen molar-refractivity contribution in [2.75, 3.05) is 32.8 Å². The minimum atomic E-state index is -0.101. The summed E-state index contributed by atoms with van der Waals surface area (Å²) in [6.07, 6.45) is 2.52. The Morgan fingerprint density at radius 2 is 2.17 bits per heavy atom. The monoisotopic (exact) mass is 332 g/mol. The van der Waals surface area contributed by atoms with E-state index in [0.717, 1.165) is 52.2 Å². The fraction of sp³-hybridized carbons (Fsp3) is 0.700. The molecule has 0 bridgehead atoms. The maximum Gasteiger partial charge on any atom is 0.105 e. The second-order valence-electron chi connectivity index (χ2n) is 7.64. The van der Waals surface area contributed by atoms with Gasteiger partial charge in [0.25, 0.3) is 0 Å². The molecule has 0 saturated carbocycles. The van der Waals surface area contributed by atoms with Crippen molar-refractivity contribution in [3.05, 3.63) is 35.4 Å². The van der Waals surface area contributed by atoms with Crippen molar-refractivity contribution >= 4 is 0 Å². The van der Waals surface area contributed by atoms with Gasteiger partial charge in [0.2, 0.25) is 0 Å². The van der Waals surface area contributed by atoms with E-state index in [1.165, 1.54) is 11.1 Å². The van der Waals surface area contributed by atoms with Crippen LogP contribution in [-0.4, -0.2) is 55.5 Å². The molecule has 2 aliphatic rings. The average Bonchev–Trinajstić information content (AvgIpc) is 2.82. The number of ether oxygens (including phenoxy) is 2. The van der Waals surface area contributed by atoms with Crippen molar-refractivity contribution in [3.8, 4) is 0 Å². The third-order valence-corrected chi connectivity index (χ3v) is 5.40. The molecule has 1 aromatic rings. The topological polar surface area (TPSA) is 33.7 Å². The van der Waals surface area contributed by atoms with Crippen LogP contribution in [0, 0.1) is 6.92 Å². The first kappa shape index (κ1) is 17.9. The number of hydrogen-bond acceptors (Lipinski definition) is 4. The Hall–Kier alpha value is -0.940. The molecule has 0 radical (unpaired) electrons. The second-order valence-corrected chi connectivity index (χ2v) is 7.64. The first-order valence-electron chi connectivity index (χ1n) is 9.33. The molecule has 0 aliphatic carbocycles. The van der Waals surface area contributed by atoms with Crippen LogP contribution in [0.4, 0.5) is 0 Å². The number of aryl methyl sites for hydroxylation is 1. The van der Waals surface area contributed by atoms with Crippen LogP contribution >= 0.6 is 0 Å². The van der Waals surface area contributed by atoms with Gasteiger partial charge in [0.15, 0.2) is 0 Å². The van der Waals surface area contributed by atoms with Gasteiger partial charge < -0.3 is 14.8 Å². The van der Waals surface area contributed by atoms with Gasteiger partial charge in [-0.2, -0.15) is 0 Å². The summed E-state index contributed by atoms with van der Waals surface area (Å²) < 4.78 is 12.4. The highest BCUT2D eigenvalue weighted by Gasteiger charge is 2.43. The summed E-state index contributed by atoms with van der Waals surface area (Å²) in [4.78, 5) is 2.50. The first-order chi connectivity index (χ1) is 11.6. The largest absolute Gasteiger partial charge is 0.377 e. The number of rotatable bonds is 5. The van der Waals surface area contributed by atoms with Crippen LogP contribution < -0.4 is 5.32 Å². The van der Waals surface area contributed by atoms with Crippen molar-refractivity contribution in [3.63, 3.8) is 0 Å². The van der Waals surface area contributed by atoms with E-state index in [4.69, 9.17) is 9.47 Å². The molecule has 3 rings (SSSR count). The van der Waals surface area contributed by atoms with Crippen molar-refractivity contribution < 1.29 is 9.47 Å². The Bertz CT molecular complexity index is 534. The van der Waals surface area contributed by atoms with Crippen molar-refractivity contribution in [1.29, 1.82) is 0 Å². The molecule has 2 saturated heterocycles. The molecule has 1 spiro atoms. The van der Waals surface area contributed by atoms with Crippen molar-refractivity contribution in [1.82, 2.24) is 10.2 Å². The normalized spacial score (nSPS) is 28.6. The van der Waals surface area contributed by atoms with Crippen LogP contribution in [0.25, 0.3) is 0 Å². The molecule has 0 aromatic heterocycles. The predicted octanol–water partition coefficient (Wildman–Crippen LogP) is 2.74. The summed E-state index contributed by atoms with van der Waals surface area (Å²) >= 11 is 0. The lowest BCUT2D eigenvalue weighted by molar-refractivity contribution is -0.0866. The van der Waals surface area contributed by atoms with E-state index in [9.17, 15) is 0 Å². The van der Waals surface area contributed by atoms with E-state index in [1.807, 2.05) is 0 Å². The first-order valence-corrected chi connectivity index (χ1v) is 9.33. The SMILES string of the molecule is Cc1ccccc1CNC[C@H]1CC[C@@]2(COCCN(C(C)C)C2)O1. The van der Waals surface area contributed by atoms with E-state index in [0.29, 0.717) is 12.1 Å².